The van der Waals surface area contributed by atoms with Crippen LogP contribution in [0.25, 0.3) is 0 Å². The highest BCUT2D eigenvalue weighted by Gasteiger charge is 2.13. The first kappa shape index (κ1) is 14.6. The highest BCUT2D eigenvalue weighted by Crippen LogP contribution is 2.21. The lowest BCUT2D eigenvalue weighted by molar-refractivity contribution is 0.212. The summed E-state index contributed by atoms with van der Waals surface area (Å²) in [5.74, 6) is 0. The third-order valence-electron chi connectivity index (χ3n) is 3.00. The molecule has 0 aromatic heterocycles. The van der Waals surface area contributed by atoms with Crippen molar-refractivity contribution in [2.24, 2.45) is 0 Å². The van der Waals surface area contributed by atoms with Gasteiger partial charge in [-0.25, -0.2) is 4.79 Å². The Kier molecular flexibility index (Phi) is 5.18. The third-order valence-corrected chi connectivity index (χ3v) is 3.69. The van der Waals surface area contributed by atoms with Crippen LogP contribution in [0.2, 0.25) is 0 Å². The number of urea groups is 1. The summed E-state index contributed by atoms with van der Waals surface area (Å²) in [6, 6.07) is 17.5. The number of hydrogen-bond acceptors (Lipinski definition) is 1. The van der Waals surface area contributed by atoms with Crippen LogP contribution in [0.4, 0.5) is 10.5 Å². The number of carbonyl (C=O) groups excluding carboxylic acids is 1. The second-order valence-electron chi connectivity index (χ2n) is 4.41. The maximum Gasteiger partial charge on any atom is 0.322 e. The number of anilines is 1. The fourth-order valence-corrected chi connectivity index (χ4v) is 2.27. The van der Waals surface area contributed by atoms with Crippen LogP contribution in [0.1, 0.15) is 12.5 Å². The Morgan fingerprint density at radius 2 is 1.75 bits per heavy atom. The zero-order chi connectivity index (χ0) is 14.4. The number of benzene rings is 2. The fourth-order valence-electron chi connectivity index (χ4n) is 1.89. The molecular weight excluding hydrogens is 316 g/mol. The van der Waals surface area contributed by atoms with E-state index in [0.29, 0.717) is 13.1 Å². The molecule has 2 rings (SSSR count). The van der Waals surface area contributed by atoms with Gasteiger partial charge in [-0.05, 0) is 40.5 Å². The first-order valence-corrected chi connectivity index (χ1v) is 7.34. The molecular formula is C16H17BrN2O. The van der Waals surface area contributed by atoms with Crippen LogP contribution < -0.4 is 5.32 Å². The van der Waals surface area contributed by atoms with Crippen molar-refractivity contribution in [1.82, 2.24) is 4.90 Å². The van der Waals surface area contributed by atoms with Crippen LogP contribution in [0.15, 0.2) is 59.1 Å². The van der Waals surface area contributed by atoms with Gasteiger partial charge in [-0.2, -0.15) is 0 Å². The minimum Gasteiger partial charge on any atom is -0.320 e. The van der Waals surface area contributed by atoms with E-state index in [0.717, 1.165) is 15.7 Å². The highest BCUT2D eigenvalue weighted by atomic mass is 79.9. The number of para-hydroxylation sites is 1. The smallest absolute Gasteiger partial charge is 0.320 e. The van der Waals surface area contributed by atoms with Crippen molar-refractivity contribution in [3.8, 4) is 0 Å². The quantitative estimate of drug-likeness (QED) is 0.878. The number of nitrogens with one attached hydrogen (secondary N) is 1. The molecule has 0 fully saturated rings. The number of nitrogens with zero attached hydrogens (tertiary/aromatic N) is 1. The van der Waals surface area contributed by atoms with Crippen LogP contribution in [0, 0.1) is 0 Å². The molecule has 0 saturated heterocycles. The summed E-state index contributed by atoms with van der Waals surface area (Å²) < 4.78 is 0.879. The Balaban J connectivity index is 2.04. The van der Waals surface area contributed by atoms with Crippen molar-refractivity contribution in [2.45, 2.75) is 13.5 Å². The van der Waals surface area contributed by atoms with Gasteiger partial charge < -0.3 is 10.2 Å². The molecule has 104 valence electrons. The van der Waals surface area contributed by atoms with Crippen molar-refractivity contribution >= 4 is 27.6 Å². The molecule has 4 heteroatoms. The Morgan fingerprint density at radius 1 is 1.10 bits per heavy atom. The van der Waals surface area contributed by atoms with Gasteiger partial charge in [0.15, 0.2) is 0 Å². The van der Waals surface area contributed by atoms with Crippen molar-refractivity contribution in [3.05, 3.63) is 64.6 Å². The van der Waals surface area contributed by atoms with E-state index < -0.39 is 0 Å². The molecule has 2 aromatic carbocycles. The first-order chi connectivity index (χ1) is 9.70. The van der Waals surface area contributed by atoms with E-state index in [4.69, 9.17) is 0 Å². The average Bonchev–Trinajstić information content (AvgIpc) is 2.48. The number of rotatable bonds is 4. The summed E-state index contributed by atoms with van der Waals surface area (Å²) in [6.07, 6.45) is 0. The van der Waals surface area contributed by atoms with E-state index in [2.05, 4.69) is 21.2 Å². The predicted octanol–water partition coefficient (Wildman–Crippen LogP) is 4.50. The molecule has 0 heterocycles. The lowest BCUT2D eigenvalue weighted by Crippen LogP contribution is -2.34. The van der Waals surface area contributed by atoms with Crippen molar-refractivity contribution < 1.29 is 4.79 Å². The fraction of sp³-hybridized carbons (Fsp3) is 0.188. The van der Waals surface area contributed by atoms with Crippen LogP contribution >= 0.6 is 15.9 Å². The van der Waals surface area contributed by atoms with Crippen LogP contribution in [0.5, 0.6) is 0 Å². The Labute approximate surface area is 127 Å². The van der Waals surface area contributed by atoms with Gasteiger partial charge in [0.25, 0.3) is 0 Å². The van der Waals surface area contributed by atoms with E-state index in [1.54, 1.807) is 4.90 Å². The zero-order valence-corrected chi connectivity index (χ0v) is 12.9. The minimum absolute atomic E-state index is 0.0942. The lowest BCUT2D eigenvalue weighted by atomic mass is 10.2. The molecule has 0 saturated carbocycles. The van der Waals surface area contributed by atoms with E-state index in [1.165, 1.54) is 0 Å². The molecule has 1 N–H and O–H groups in total. The van der Waals surface area contributed by atoms with Crippen LogP contribution in [-0.4, -0.2) is 17.5 Å². The van der Waals surface area contributed by atoms with Gasteiger partial charge in [-0.3, -0.25) is 0 Å². The second kappa shape index (κ2) is 7.10. The van der Waals surface area contributed by atoms with Crippen LogP contribution in [-0.2, 0) is 6.54 Å². The first-order valence-electron chi connectivity index (χ1n) is 6.55. The molecule has 3 nitrogen and oxygen atoms in total. The molecule has 20 heavy (non-hydrogen) atoms. The summed E-state index contributed by atoms with van der Waals surface area (Å²) in [5, 5.41) is 2.92. The monoisotopic (exact) mass is 332 g/mol. The molecule has 0 bridgehead atoms. The van der Waals surface area contributed by atoms with Crippen molar-refractivity contribution in [2.75, 3.05) is 11.9 Å². The summed E-state index contributed by atoms with van der Waals surface area (Å²) in [4.78, 5) is 14.1. The molecule has 0 unspecified atom stereocenters. The third kappa shape index (κ3) is 3.84. The van der Waals surface area contributed by atoms with Gasteiger partial charge in [0, 0.05) is 17.6 Å². The van der Waals surface area contributed by atoms with Gasteiger partial charge in [0.2, 0.25) is 0 Å². The standard InChI is InChI=1S/C16H17BrN2O/c1-2-19(12-13-8-4-3-5-9-13)16(20)18-15-11-7-6-10-14(15)17/h3-11H,2,12H2,1H3,(H,18,20). The lowest BCUT2D eigenvalue weighted by Gasteiger charge is -2.22. The maximum atomic E-state index is 12.3. The van der Waals surface area contributed by atoms with Gasteiger partial charge in [-0.1, -0.05) is 42.5 Å². The van der Waals surface area contributed by atoms with Gasteiger partial charge in [-0.15, -0.1) is 0 Å². The van der Waals surface area contributed by atoms with Gasteiger partial charge >= 0.3 is 6.03 Å². The van der Waals surface area contributed by atoms with Gasteiger partial charge in [0.1, 0.15) is 0 Å². The molecule has 2 amide bonds. The number of amides is 2. The van der Waals surface area contributed by atoms with E-state index in [9.17, 15) is 4.79 Å². The molecule has 0 aliphatic carbocycles. The summed E-state index contributed by atoms with van der Waals surface area (Å²) >= 11 is 3.43. The predicted molar refractivity (Wildman–Crippen MR) is 85.7 cm³/mol. The van der Waals surface area contributed by atoms with Gasteiger partial charge in [0.05, 0.1) is 5.69 Å². The normalized spacial score (nSPS) is 10.1. The maximum absolute atomic E-state index is 12.3. The summed E-state index contributed by atoms with van der Waals surface area (Å²) in [6.45, 7) is 3.24. The van der Waals surface area contributed by atoms with E-state index >= 15 is 0 Å². The largest absolute Gasteiger partial charge is 0.322 e. The van der Waals surface area contributed by atoms with E-state index in [1.807, 2.05) is 61.5 Å². The molecule has 0 spiro atoms. The highest BCUT2D eigenvalue weighted by molar-refractivity contribution is 9.10. The van der Waals surface area contributed by atoms with E-state index in [-0.39, 0.29) is 6.03 Å². The SMILES string of the molecule is CCN(Cc1ccccc1)C(=O)Nc1ccccc1Br. The molecule has 2 aromatic rings. The molecule has 0 aliphatic heterocycles. The average molecular weight is 333 g/mol. The van der Waals surface area contributed by atoms with Crippen LogP contribution in [0.3, 0.4) is 0 Å². The summed E-state index contributed by atoms with van der Waals surface area (Å²) in [5.41, 5.74) is 1.90. The zero-order valence-electron chi connectivity index (χ0n) is 11.3. The topological polar surface area (TPSA) is 32.3 Å². The Morgan fingerprint density at radius 3 is 2.40 bits per heavy atom. The Bertz CT molecular complexity index is 572. The minimum atomic E-state index is -0.0942. The summed E-state index contributed by atoms with van der Waals surface area (Å²) in [7, 11) is 0. The number of halogens is 1. The van der Waals surface area contributed by atoms with Crippen molar-refractivity contribution in [3.63, 3.8) is 0 Å². The Hall–Kier alpha value is -1.81. The molecule has 0 aliphatic rings. The molecule has 0 radical (unpaired) electrons. The number of hydrogen-bond donors (Lipinski definition) is 1. The molecule has 0 atom stereocenters. The van der Waals surface area contributed by atoms with Crippen molar-refractivity contribution in [1.29, 1.82) is 0 Å². The second-order valence-corrected chi connectivity index (χ2v) is 5.26. The number of carbonyl (C=O) groups is 1.